The summed E-state index contributed by atoms with van der Waals surface area (Å²) >= 11 is 0. The van der Waals surface area contributed by atoms with Gasteiger partial charge in [0.05, 0.1) is 6.61 Å². The Labute approximate surface area is 135 Å². The lowest BCUT2D eigenvalue weighted by atomic mass is 9.97. The van der Waals surface area contributed by atoms with Crippen molar-refractivity contribution in [2.75, 3.05) is 24.6 Å². The van der Waals surface area contributed by atoms with E-state index in [2.05, 4.69) is 29.6 Å². The fourth-order valence-corrected chi connectivity index (χ4v) is 3.30. The van der Waals surface area contributed by atoms with Crippen molar-refractivity contribution in [3.63, 3.8) is 0 Å². The number of hydrogen-bond acceptors (Lipinski definition) is 6. The van der Waals surface area contributed by atoms with Gasteiger partial charge in [-0.2, -0.15) is 0 Å². The predicted octanol–water partition coefficient (Wildman–Crippen LogP) is 2.19. The monoisotopic (exact) mass is 314 g/mol. The van der Waals surface area contributed by atoms with Gasteiger partial charge in [0.1, 0.15) is 24.3 Å². The van der Waals surface area contributed by atoms with Crippen molar-refractivity contribution < 1.29 is 4.74 Å². The van der Waals surface area contributed by atoms with Crippen LogP contribution in [0.4, 0.5) is 5.82 Å². The molecule has 0 N–H and O–H groups in total. The molecule has 1 unspecified atom stereocenters. The lowest BCUT2D eigenvalue weighted by Gasteiger charge is -2.33. The lowest BCUT2D eigenvalue weighted by molar-refractivity contribution is 0.326. The molecule has 3 heterocycles. The molecule has 2 aromatic heterocycles. The molecule has 1 aliphatic carbocycles. The third kappa shape index (κ3) is 3.00. The predicted molar refractivity (Wildman–Crippen MR) is 85.7 cm³/mol. The number of piperidine rings is 1. The van der Waals surface area contributed by atoms with Crippen LogP contribution in [-0.2, 0) is 0 Å². The third-order valence-electron chi connectivity index (χ3n) is 4.57. The van der Waals surface area contributed by atoms with E-state index in [1.165, 1.54) is 12.8 Å². The van der Waals surface area contributed by atoms with Crippen LogP contribution in [0, 0.1) is 0 Å². The maximum atomic E-state index is 5.49. The molecule has 1 aliphatic heterocycles. The molecule has 1 saturated carbocycles. The quantitative estimate of drug-likeness (QED) is 0.842. The summed E-state index contributed by atoms with van der Waals surface area (Å²) in [4.78, 5) is 10.9. The van der Waals surface area contributed by atoms with Crippen molar-refractivity contribution >= 4 is 5.82 Å². The summed E-state index contributed by atoms with van der Waals surface area (Å²) < 4.78 is 7.77. The molecular formula is C16H22N6O. The minimum absolute atomic E-state index is 0.414. The Hall–Kier alpha value is -2.18. The first-order valence-corrected chi connectivity index (χ1v) is 8.44. The number of ether oxygens (including phenoxy) is 1. The van der Waals surface area contributed by atoms with E-state index in [-0.39, 0.29) is 0 Å². The summed E-state index contributed by atoms with van der Waals surface area (Å²) in [7, 11) is 0. The molecule has 0 aromatic carbocycles. The topological polar surface area (TPSA) is 69.0 Å². The molecule has 1 atom stereocenters. The molecule has 4 rings (SSSR count). The largest absolute Gasteiger partial charge is 0.478 e. The fraction of sp³-hybridized carbons (Fsp3) is 0.625. The molecular weight excluding hydrogens is 292 g/mol. The molecule has 7 nitrogen and oxygen atoms in total. The van der Waals surface area contributed by atoms with E-state index < -0.39 is 0 Å². The maximum absolute atomic E-state index is 5.49. The number of nitrogens with zero attached hydrogens (tertiary/aromatic N) is 6. The van der Waals surface area contributed by atoms with Gasteiger partial charge in [0.15, 0.2) is 0 Å². The highest BCUT2D eigenvalue weighted by Gasteiger charge is 2.31. The van der Waals surface area contributed by atoms with Crippen molar-refractivity contribution in [3.8, 4) is 5.88 Å². The Bertz CT molecular complexity index is 668. The zero-order valence-electron chi connectivity index (χ0n) is 13.4. The van der Waals surface area contributed by atoms with E-state index in [4.69, 9.17) is 4.74 Å². The maximum Gasteiger partial charge on any atom is 0.218 e. The van der Waals surface area contributed by atoms with E-state index in [0.717, 1.165) is 37.6 Å². The van der Waals surface area contributed by atoms with Crippen LogP contribution in [0.25, 0.3) is 0 Å². The molecule has 0 amide bonds. The molecule has 23 heavy (non-hydrogen) atoms. The van der Waals surface area contributed by atoms with E-state index >= 15 is 0 Å². The van der Waals surface area contributed by atoms with Gasteiger partial charge >= 0.3 is 0 Å². The average molecular weight is 314 g/mol. The molecule has 0 bridgehead atoms. The van der Waals surface area contributed by atoms with Crippen LogP contribution in [0.5, 0.6) is 5.88 Å². The van der Waals surface area contributed by atoms with Crippen LogP contribution < -0.4 is 9.64 Å². The van der Waals surface area contributed by atoms with Gasteiger partial charge in [-0.25, -0.2) is 9.97 Å². The summed E-state index contributed by atoms with van der Waals surface area (Å²) in [6, 6.07) is 2.55. The number of anilines is 1. The Balaban J connectivity index is 1.52. The SMILES string of the molecule is CCOc1cc(N2CCCC(c3nncn3C3CC3)C2)ncn1. The fourth-order valence-electron chi connectivity index (χ4n) is 3.30. The number of hydrogen-bond donors (Lipinski definition) is 0. The second-order valence-corrected chi connectivity index (χ2v) is 6.26. The summed E-state index contributed by atoms with van der Waals surface area (Å²) in [6.45, 7) is 4.51. The Morgan fingerprint density at radius 2 is 2.17 bits per heavy atom. The van der Waals surface area contributed by atoms with Crippen LogP contribution >= 0.6 is 0 Å². The first-order chi connectivity index (χ1) is 11.3. The highest BCUT2D eigenvalue weighted by Crippen LogP contribution is 2.38. The molecule has 1 saturated heterocycles. The zero-order valence-corrected chi connectivity index (χ0v) is 13.4. The van der Waals surface area contributed by atoms with Crippen molar-refractivity contribution in [1.82, 2.24) is 24.7 Å². The summed E-state index contributed by atoms with van der Waals surface area (Å²) in [5, 5.41) is 8.55. The molecule has 2 aliphatic rings. The van der Waals surface area contributed by atoms with Crippen LogP contribution in [0.1, 0.15) is 50.4 Å². The second kappa shape index (κ2) is 6.14. The van der Waals surface area contributed by atoms with E-state index in [0.29, 0.717) is 24.4 Å². The molecule has 2 fully saturated rings. The van der Waals surface area contributed by atoms with Gasteiger partial charge in [-0.3, -0.25) is 0 Å². The van der Waals surface area contributed by atoms with Gasteiger partial charge in [-0.05, 0) is 32.6 Å². The van der Waals surface area contributed by atoms with E-state index in [1.807, 2.05) is 19.3 Å². The van der Waals surface area contributed by atoms with Crippen molar-refractivity contribution in [2.24, 2.45) is 0 Å². The zero-order chi connectivity index (χ0) is 15.6. The minimum atomic E-state index is 0.414. The van der Waals surface area contributed by atoms with Crippen molar-refractivity contribution in [3.05, 3.63) is 24.5 Å². The Kier molecular flexibility index (Phi) is 3.85. The van der Waals surface area contributed by atoms with E-state index in [9.17, 15) is 0 Å². The number of aromatic nitrogens is 5. The van der Waals surface area contributed by atoms with Gasteiger partial charge in [0.2, 0.25) is 5.88 Å². The van der Waals surface area contributed by atoms with Crippen molar-refractivity contribution in [2.45, 2.75) is 44.6 Å². The molecule has 122 valence electrons. The average Bonchev–Trinajstić information content (AvgIpc) is 3.32. The second-order valence-electron chi connectivity index (χ2n) is 6.26. The van der Waals surface area contributed by atoms with Crippen LogP contribution in [-0.4, -0.2) is 44.4 Å². The standard InChI is InChI=1S/C16H22N6O/c1-2-23-15-8-14(17-10-18-15)21-7-3-4-12(9-21)16-20-19-11-22(16)13-5-6-13/h8,10-13H,2-7,9H2,1H3. The third-order valence-corrected chi connectivity index (χ3v) is 4.57. The highest BCUT2D eigenvalue weighted by atomic mass is 16.5. The van der Waals surface area contributed by atoms with E-state index in [1.54, 1.807) is 6.33 Å². The summed E-state index contributed by atoms with van der Waals surface area (Å²) in [5.41, 5.74) is 0. The molecule has 0 spiro atoms. The smallest absolute Gasteiger partial charge is 0.218 e. The van der Waals surface area contributed by atoms with Crippen LogP contribution in [0.2, 0.25) is 0 Å². The first-order valence-electron chi connectivity index (χ1n) is 8.44. The lowest BCUT2D eigenvalue weighted by Crippen LogP contribution is -2.36. The van der Waals surface area contributed by atoms with Gasteiger partial charge in [-0.1, -0.05) is 0 Å². The normalized spacial score (nSPS) is 21.4. The molecule has 2 aromatic rings. The van der Waals surface area contributed by atoms with Crippen LogP contribution in [0.3, 0.4) is 0 Å². The molecule has 0 radical (unpaired) electrons. The van der Waals surface area contributed by atoms with Gasteiger partial charge in [0, 0.05) is 31.1 Å². The summed E-state index contributed by atoms with van der Waals surface area (Å²) in [6.07, 6.45) is 8.28. The van der Waals surface area contributed by atoms with Gasteiger partial charge in [-0.15, -0.1) is 10.2 Å². The van der Waals surface area contributed by atoms with Crippen LogP contribution in [0.15, 0.2) is 18.7 Å². The van der Waals surface area contributed by atoms with Crippen molar-refractivity contribution in [1.29, 1.82) is 0 Å². The minimum Gasteiger partial charge on any atom is -0.478 e. The molecule has 7 heteroatoms. The first kappa shape index (κ1) is 14.4. The Morgan fingerprint density at radius 1 is 1.26 bits per heavy atom. The highest BCUT2D eigenvalue weighted by molar-refractivity contribution is 5.41. The van der Waals surface area contributed by atoms with Gasteiger partial charge < -0.3 is 14.2 Å². The number of rotatable bonds is 5. The summed E-state index contributed by atoms with van der Waals surface area (Å²) in [5.74, 6) is 3.13. The van der Waals surface area contributed by atoms with Gasteiger partial charge in [0.25, 0.3) is 0 Å². The Morgan fingerprint density at radius 3 is 3.00 bits per heavy atom.